The number of nitrogens with zero attached hydrogens (tertiary/aromatic N) is 3. The number of nitriles is 1. The van der Waals surface area contributed by atoms with E-state index in [0.717, 1.165) is 42.8 Å². The fourth-order valence-electron chi connectivity index (χ4n) is 4.04. The summed E-state index contributed by atoms with van der Waals surface area (Å²) in [5, 5.41) is 8.94. The number of ether oxygens (including phenoxy) is 2. The molecule has 1 aliphatic rings. The standard InChI is InChI=1S/C26H26BrN3O4/c1-32-24-13-21(22(27)14-25(24)33-2)23-8-7-20(26(31)34-23)17-30-11-9-29(10-12-30)16-19-5-3-18(15-28)4-6-19/h3-8,13-14H,9-12,16-17H2,1-2H3. The molecule has 0 amide bonds. The van der Waals surface area contributed by atoms with Crippen LogP contribution in [0.2, 0.25) is 0 Å². The van der Waals surface area contributed by atoms with Crippen LogP contribution in [0.15, 0.2) is 62.2 Å². The first-order valence-corrected chi connectivity index (χ1v) is 11.8. The zero-order valence-corrected chi connectivity index (χ0v) is 20.8. The van der Waals surface area contributed by atoms with Crippen molar-refractivity contribution in [3.63, 3.8) is 0 Å². The summed E-state index contributed by atoms with van der Waals surface area (Å²) < 4.78 is 17.1. The molecule has 0 saturated carbocycles. The normalized spacial score (nSPS) is 14.5. The largest absolute Gasteiger partial charge is 0.493 e. The van der Waals surface area contributed by atoms with E-state index in [4.69, 9.17) is 19.2 Å². The Morgan fingerprint density at radius 1 is 0.941 bits per heavy atom. The molecule has 7 nitrogen and oxygen atoms in total. The van der Waals surface area contributed by atoms with Crippen molar-refractivity contribution in [3.8, 4) is 28.9 Å². The van der Waals surface area contributed by atoms with E-state index in [0.29, 0.717) is 34.9 Å². The van der Waals surface area contributed by atoms with E-state index in [1.807, 2.05) is 36.4 Å². The first-order valence-electron chi connectivity index (χ1n) is 11.0. The van der Waals surface area contributed by atoms with Crippen molar-refractivity contribution in [3.05, 3.63) is 80.1 Å². The molecule has 1 saturated heterocycles. The highest BCUT2D eigenvalue weighted by atomic mass is 79.9. The van der Waals surface area contributed by atoms with E-state index in [-0.39, 0.29) is 5.63 Å². The van der Waals surface area contributed by atoms with E-state index in [1.165, 1.54) is 5.56 Å². The van der Waals surface area contributed by atoms with E-state index in [9.17, 15) is 4.79 Å². The molecule has 0 spiro atoms. The van der Waals surface area contributed by atoms with Gasteiger partial charge in [-0.1, -0.05) is 12.1 Å². The van der Waals surface area contributed by atoms with Crippen molar-refractivity contribution in [2.75, 3.05) is 40.4 Å². The zero-order chi connectivity index (χ0) is 24.1. The van der Waals surface area contributed by atoms with Crippen LogP contribution in [0.3, 0.4) is 0 Å². The Labute approximate surface area is 207 Å². The number of benzene rings is 2. The van der Waals surface area contributed by atoms with Gasteiger partial charge in [0.15, 0.2) is 11.5 Å². The summed E-state index contributed by atoms with van der Waals surface area (Å²) in [7, 11) is 3.14. The Morgan fingerprint density at radius 2 is 1.56 bits per heavy atom. The lowest BCUT2D eigenvalue weighted by Crippen LogP contribution is -2.45. The second-order valence-electron chi connectivity index (χ2n) is 8.16. The lowest BCUT2D eigenvalue weighted by atomic mass is 10.1. The maximum absolute atomic E-state index is 12.7. The lowest BCUT2D eigenvalue weighted by Gasteiger charge is -2.34. The Bertz CT molecular complexity index is 1240. The molecule has 0 aliphatic carbocycles. The predicted molar refractivity (Wildman–Crippen MR) is 133 cm³/mol. The van der Waals surface area contributed by atoms with Gasteiger partial charge in [0.25, 0.3) is 0 Å². The second-order valence-corrected chi connectivity index (χ2v) is 9.01. The van der Waals surface area contributed by atoms with Crippen LogP contribution in [0, 0.1) is 11.3 Å². The molecule has 0 N–H and O–H groups in total. The van der Waals surface area contributed by atoms with E-state index >= 15 is 0 Å². The van der Waals surface area contributed by atoms with Gasteiger partial charge in [-0.15, -0.1) is 0 Å². The highest BCUT2D eigenvalue weighted by Crippen LogP contribution is 2.38. The molecule has 4 rings (SSSR count). The number of hydrogen-bond donors (Lipinski definition) is 0. The number of piperazine rings is 1. The summed E-state index contributed by atoms with van der Waals surface area (Å²) in [5.41, 5.74) is 2.90. The van der Waals surface area contributed by atoms with Crippen molar-refractivity contribution in [2.24, 2.45) is 0 Å². The fraction of sp³-hybridized carbons (Fsp3) is 0.308. The van der Waals surface area contributed by atoms with Crippen LogP contribution in [0.5, 0.6) is 11.5 Å². The maximum atomic E-state index is 12.7. The van der Waals surface area contributed by atoms with Crippen LogP contribution in [0.1, 0.15) is 16.7 Å². The van der Waals surface area contributed by atoms with Crippen LogP contribution in [-0.2, 0) is 13.1 Å². The summed E-state index contributed by atoms with van der Waals surface area (Å²) in [6.07, 6.45) is 0. The average Bonchev–Trinajstić information content (AvgIpc) is 2.86. The van der Waals surface area contributed by atoms with Crippen LogP contribution in [0.4, 0.5) is 0 Å². The molecule has 8 heteroatoms. The zero-order valence-electron chi connectivity index (χ0n) is 19.2. The summed E-state index contributed by atoms with van der Waals surface area (Å²) in [6, 6.07) is 17.1. The Morgan fingerprint density at radius 3 is 2.15 bits per heavy atom. The minimum atomic E-state index is -0.334. The van der Waals surface area contributed by atoms with Crippen molar-refractivity contribution in [1.29, 1.82) is 5.26 Å². The molecular weight excluding hydrogens is 498 g/mol. The highest BCUT2D eigenvalue weighted by molar-refractivity contribution is 9.10. The van der Waals surface area contributed by atoms with Crippen LogP contribution in [0.25, 0.3) is 11.3 Å². The van der Waals surface area contributed by atoms with Gasteiger partial charge in [-0.25, -0.2) is 4.79 Å². The quantitative estimate of drug-likeness (QED) is 0.457. The van der Waals surface area contributed by atoms with Gasteiger partial charge < -0.3 is 13.9 Å². The van der Waals surface area contributed by atoms with Crippen LogP contribution < -0.4 is 15.1 Å². The molecule has 34 heavy (non-hydrogen) atoms. The molecular formula is C26H26BrN3O4. The van der Waals surface area contributed by atoms with Crippen molar-refractivity contribution < 1.29 is 13.9 Å². The van der Waals surface area contributed by atoms with Gasteiger partial charge >= 0.3 is 5.63 Å². The topological polar surface area (TPSA) is 78.9 Å². The van der Waals surface area contributed by atoms with Crippen LogP contribution in [-0.4, -0.2) is 50.2 Å². The molecule has 3 aromatic rings. The lowest BCUT2D eigenvalue weighted by molar-refractivity contribution is 0.121. The SMILES string of the molecule is COc1cc(Br)c(-c2ccc(CN3CCN(Cc4ccc(C#N)cc4)CC3)c(=O)o2)cc1OC. The van der Waals surface area contributed by atoms with E-state index in [2.05, 4.69) is 31.8 Å². The van der Waals surface area contributed by atoms with Crippen molar-refractivity contribution >= 4 is 15.9 Å². The van der Waals surface area contributed by atoms with Gasteiger partial charge in [0.2, 0.25) is 0 Å². The fourth-order valence-corrected chi connectivity index (χ4v) is 4.56. The summed E-state index contributed by atoms with van der Waals surface area (Å²) in [6.45, 7) is 5.00. The molecule has 176 valence electrons. The third kappa shape index (κ3) is 5.50. The van der Waals surface area contributed by atoms with Crippen LogP contribution >= 0.6 is 15.9 Å². The van der Waals surface area contributed by atoms with Gasteiger partial charge in [0.05, 0.1) is 31.4 Å². The Hall–Kier alpha value is -3.12. The molecule has 1 aliphatic heterocycles. The maximum Gasteiger partial charge on any atom is 0.340 e. The number of rotatable bonds is 7. The smallest absolute Gasteiger partial charge is 0.340 e. The third-order valence-corrected chi connectivity index (χ3v) is 6.64. The molecule has 0 unspecified atom stereocenters. The van der Waals surface area contributed by atoms with E-state index < -0.39 is 0 Å². The minimum absolute atomic E-state index is 0.334. The molecule has 0 radical (unpaired) electrons. The number of hydrogen-bond acceptors (Lipinski definition) is 7. The first kappa shape index (κ1) is 24.0. The summed E-state index contributed by atoms with van der Waals surface area (Å²) in [4.78, 5) is 17.4. The van der Waals surface area contributed by atoms with Crippen molar-refractivity contribution in [2.45, 2.75) is 13.1 Å². The second kappa shape index (κ2) is 10.9. The monoisotopic (exact) mass is 523 g/mol. The van der Waals surface area contributed by atoms with Gasteiger partial charge in [-0.2, -0.15) is 5.26 Å². The number of halogens is 1. The Kier molecular flexibility index (Phi) is 7.68. The molecule has 1 fully saturated rings. The third-order valence-electron chi connectivity index (χ3n) is 5.99. The van der Waals surface area contributed by atoms with Gasteiger partial charge in [-0.3, -0.25) is 9.80 Å². The molecule has 2 heterocycles. The Balaban J connectivity index is 1.38. The predicted octanol–water partition coefficient (Wildman–Crippen LogP) is 4.28. The average molecular weight is 524 g/mol. The number of methoxy groups -OCH3 is 2. The first-order chi connectivity index (χ1) is 16.5. The summed E-state index contributed by atoms with van der Waals surface area (Å²) >= 11 is 3.52. The van der Waals surface area contributed by atoms with Crippen molar-refractivity contribution in [1.82, 2.24) is 9.80 Å². The van der Waals surface area contributed by atoms with Gasteiger partial charge in [0.1, 0.15) is 5.76 Å². The minimum Gasteiger partial charge on any atom is -0.493 e. The highest BCUT2D eigenvalue weighted by Gasteiger charge is 2.19. The molecule has 0 bridgehead atoms. The van der Waals surface area contributed by atoms with E-state index in [1.54, 1.807) is 26.4 Å². The molecule has 2 aromatic carbocycles. The molecule has 0 atom stereocenters. The van der Waals surface area contributed by atoms with Gasteiger partial charge in [0, 0.05) is 49.3 Å². The molecule has 1 aromatic heterocycles. The van der Waals surface area contributed by atoms with Gasteiger partial charge in [-0.05, 0) is 57.9 Å². The summed E-state index contributed by atoms with van der Waals surface area (Å²) in [5.74, 6) is 1.62.